The van der Waals surface area contributed by atoms with Gasteiger partial charge in [-0.05, 0) is 33.6 Å². The van der Waals surface area contributed by atoms with Crippen molar-refractivity contribution < 1.29 is 9.59 Å². The molecule has 5 nitrogen and oxygen atoms in total. The molecule has 0 spiro atoms. The first-order chi connectivity index (χ1) is 8.14. The summed E-state index contributed by atoms with van der Waals surface area (Å²) in [5.41, 5.74) is 4.88. The van der Waals surface area contributed by atoms with Gasteiger partial charge in [-0.3, -0.25) is 9.59 Å². The lowest BCUT2D eigenvalue weighted by Gasteiger charge is -2.25. The second-order valence-electron chi connectivity index (χ2n) is 5.67. The second-order valence-corrected chi connectivity index (χ2v) is 5.67. The zero-order chi connectivity index (χ0) is 14.4. The molecule has 0 aromatic rings. The molecule has 0 aliphatic rings. The minimum absolute atomic E-state index is 0.0709. The Kier molecular flexibility index (Phi) is 6.32. The number of carbonyl (C=O) groups excluding carboxylic acids is 2. The van der Waals surface area contributed by atoms with Crippen LogP contribution >= 0.6 is 0 Å². The lowest BCUT2D eigenvalue weighted by molar-refractivity contribution is -0.127. The Hall–Kier alpha value is -1.10. The predicted molar refractivity (Wildman–Crippen MR) is 73.0 cm³/mol. The summed E-state index contributed by atoms with van der Waals surface area (Å²) in [4.78, 5) is 23.4. The smallest absolute Gasteiger partial charge is 0.240 e. The van der Waals surface area contributed by atoms with Crippen molar-refractivity contribution in [2.24, 2.45) is 5.73 Å². The second kappa shape index (κ2) is 6.73. The maximum Gasteiger partial charge on any atom is 0.240 e. The minimum Gasteiger partial charge on any atom is -0.354 e. The number of amides is 2. The molecule has 5 heteroatoms. The summed E-state index contributed by atoms with van der Waals surface area (Å²) in [7, 11) is 0. The normalized spacial score (nSPS) is 12.1. The van der Waals surface area contributed by atoms with E-state index in [9.17, 15) is 9.59 Å². The summed E-state index contributed by atoms with van der Waals surface area (Å²) in [6.45, 7) is 9.85. The number of nitrogens with two attached hydrogens (primary N) is 1. The Bertz CT molecular complexity index is 291. The summed E-state index contributed by atoms with van der Waals surface area (Å²) in [6.07, 6.45) is 1.44. The molecule has 0 aromatic carbocycles. The first kappa shape index (κ1) is 16.9. The summed E-state index contributed by atoms with van der Waals surface area (Å²) in [6, 6.07) is 0. The van der Waals surface area contributed by atoms with Gasteiger partial charge in [0.25, 0.3) is 0 Å². The summed E-state index contributed by atoms with van der Waals surface area (Å²) < 4.78 is 0. The molecule has 0 saturated carbocycles. The van der Waals surface area contributed by atoms with E-state index in [1.807, 2.05) is 34.6 Å². The van der Waals surface area contributed by atoms with Crippen molar-refractivity contribution in [1.29, 1.82) is 0 Å². The zero-order valence-corrected chi connectivity index (χ0v) is 12.2. The van der Waals surface area contributed by atoms with E-state index in [0.29, 0.717) is 19.4 Å². The number of hydrogen-bond acceptors (Lipinski definition) is 3. The first-order valence-electron chi connectivity index (χ1n) is 6.53. The van der Waals surface area contributed by atoms with Gasteiger partial charge in [0, 0.05) is 18.5 Å². The molecular formula is C13H27N3O2. The van der Waals surface area contributed by atoms with Crippen LogP contribution in [0.25, 0.3) is 0 Å². The van der Waals surface area contributed by atoms with Gasteiger partial charge in [-0.2, -0.15) is 0 Å². The molecule has 2 amide bonds. The predicted octanol–water partition coefficient (Wildman–Crippen LogP) is 0.925. The first-order valence-corrected chi connectivity index (χ1v) is 6.53. The number of hydrogen-bond donors (Lipinski definition) is 3. The van der Waals surface area contributed by atoms with E-state index in [1.54, 1.807) is 0 Å². The van der Waals surface area contributed by atoms with E-state index in [1.165, 1.54) is 0 Å². The van der Waals surface area contributed by atoms with Crippen LogP contribution in [0.5, 0.6) is 0 Å². The minimum atomic E-state index is -0.819. The third-order valence-corrected chi connectivity index (χ3v) is 2.87. The average molecular weight is 257 g/mol. The molecule has 0 fully saturated rings. The van der Waals surface area contributed by atoms with Crippen molar-refractivity contribution in [2.45, 2.75) is 65.0 Å². The van der Waals surface area contributed by atoms with E-state index < -0.39 is 5.54 Å². The third-order valence-electron chi connectivity index (χ3n) is 2.87. The van der Waals surface area contributed by atoms with E-state index in [2.05, 4.69) is 10.6 Å². The molecule has 0 aliphatic heterocycles. The Labute approximate surface area is 110 Å². The fourth-order valence-electron chi connectivity index (χ4n) is 1.52. The van der Waals surface area contributed by atoms with Gasteiger partial charge < -0.3 is 16.4 Å². The Morgan fingerprint density at radius 1 is 1.11 bits per heavy atom. The van der Waals surface area contributed by atoms with E-state index in [-0.39, 0.29) is 23.8 Å². The van der Waals surface area contributed by atoms with Crippen LogP contribution in [0.4, 0.5) is 0 Å². The molecule has 0 aliphatic carbocycles. The highest BCUT2D eigenvalue weighted by molar-refractivity contribution is 5.86. The zero-order valence-electron chi connectivity index (χ0n) is 12.2. The molecule has 0 bridgehead atoms. The molecule has 0 radical (unpaired) electrons. The molecule has 0 heterocycles. The Morgan fingerprint density at radius 3 is 2.00 bits per heavy atom. The van der Waals surface area contributed by atoms with E-state index >= 15 is 0 Å². The van der Waals surface area contributed by atoms with E-state index in [4.69, 9.17) is 5.73 Å². The van der Waals surface area contributed by atoms with Gasteiger partial charge in [0.05, 0.1) is 5.54 Å². The van der Waals surface area contributed by atoms with Crippen LogP contribution in [0.2, 0.25) is 0 Å². The number of carbonyl (C=O) groups is 2. The van der Waals surface area contributed by atoms with Gasteiger partial charge >= 0.3 is 0 Å². The third kappa shape index (κ3) is 6.00. The molecule has 0 rings (SSSR count). The van der Waals surface area contributed by atoms with Crippen molar-refractivity contribution in [2.75, 3.05) is 6.54 Å². The van der Waals surface area contributed by atoms with Crippen LogP contribution in [0.3, 0.4) is 0 Å². The van der Waals surface area contributed by atoms with Crippen molar-refractivity contribution in [1.82, 2.24) is 10.6 Å². The van der Waals surface area contributed by atoms with Crippen LogP contribution < -0.4 is 16.4 Å². The standard InChI is InChI=1S/C13H27N3O2/c1-6-13(14,7-2)11(18)15-9-8-10(17)16-12(3,4)5/h6-9,14H2,1-5H3,(H,15,18)(H,16,17). The maximum atomic E-state index is 11.8. The summed E-state index contributed by atoms with van der Waals surface area (Å²) in [5, 5.41) is 5.56. The topological polar surface area (TPSA) is 84.2 Å². The molecule has 106 valence electrons. The highest BCUT2D eigenvalue weighted by atomic mass is 16.2. The summed E-state index contributed by atoms with van der Waals surface area (Å²) in [5.74, 6) is -0.255. The highest BCUT2D eigenvalue weighted by Crippen LogP contribution is 2.10. The maximum absolute atomic E-state index is 11.8. The molecule has 18 heavy (non-hydrogen) atoms. The molecule has 4 N–H and O–H groups in total. The monoisotopic (exact) mass is 257 g/mol. The van der Waals surface area contributed by atoms with Crippen molar-refractivity contribution >= 4 is 11.8 Å². The van der Waals surface area contributed by atoms with Gasteiger partial charge in [-0.25, -0.2) is 0 Å². The van der Waals surface area contributed by atoms with Crippen molar-refractivity contribution in [3.05, 3.63) is 0 Å². The van der Waals surface area contributed by atoms with Gasteiger partial charge in [0.2, 0.25) is 11.8 Å². The van der Waals surface area contributed by atoms with Gasteiger partial charge in [0.15, 0.2) is 0 Å². The highest BCUT2D eigenvalue weighted by Gasteiger charge is 2.29. The molecule has 0 unspecified atom stereocenters. The number of rotatable bonds is 6. The van der Waals surface area contributed by atoms with Crippen LogP contribution in [0.1, 0.15) is 53.9 Å². The van der Waals surface area contributed by atoms with Crippen molar-refractivity contribution in [3.63, 3.8) is 0 Å². The Balaban J connectivity index is 4.06. The average Bonchev–Trinajstić information content (AvgIpc) is 2.25. The lowest BCUT2D eigenvalue weighted by atomic mass is 9.93. The Morgan fingerprint density at radius 2 is 1.61 bits per heavy atom. The van der Waals surface area contributed by atoms with Crippen LogP contribution in [0, 0.1) is 0 Å². The molecule has 0 saturated heterocycles. The van der Waals surface area contributed by atoms with E-state index in [0.717, 1.165) is 0 Å². The largest absolute Gasteiger partial charge is 0.354 e. The number of nitrogens with one attached hydrogen (secondary N) is 2. The van der Waals surface area contributed by atoms with Crippen LogP contribution in [-0.4, -0.2) is 29.4 Å². The fraction of sp³-hybridized carbons (Fsp3) is 0.846. The van der Waals surface area contributed by atoms with Gasteiger partial charge in [-0.15, -0.1) is 0 Å². The van der Waals surface area contributed by atoms with Crippen LogP contribution in [0.15, 0.2) is 0 Å². The van der Waals surface area contributed by atoms with Crippen molar-refractivity contribution in [3.8, 4) is 0 Å². The summed E-state index contributed by atoms with van der Waals surface area (Å²) >= 11 is 0. The molecule has 0 aromatic heterocycles. The molecular weight excluding hydrogens is 230 g/mol. The van der Waals surface area contributed by atoms with Crippen LogP contribution in [-0.2, 0) is 9.59 Å². The van der Waals surface area contributed by atoms with Gasteiger partial charge in [-0.1, -0.05) is 13.8 Å². The lowest BCUT2D eigenvalue weighted by Crippen LogP contribution is -2.53. The van der Waals surface area contributed by atoms with Gasteiger partial charge in [0.1, 0.15) is 0 Å². The quantitative estimate of drug-likeness (QED) is 0.661. The molecule has 0 atom stereocenters. The fourth-order valence-corrected chi connectivity index (χ4v) is 1.52. The SMILES string of the molecule is CCC(N)(CC)C(=O)NCCC(=O)NC(C)(C)C.